The molecule has 1 N–H and O–H groups in total. The van der Waals surface area contributed by atoms with Gasteiger partial charge in [0.1, 0.15) is 5.69 Å². The van der Waals surface area contributed by atoms with Gasteiger partial charge in [0.2, 0.25) is 0 Å². The van der Waals surface area contributed by atoms with Crippen LogP contribution in [0.15, 0.2) is 18.6 Å². The number of cyclic esters (lactones) is 1. The Bertz CT molecular complexity index is 288. The molecule has 0 saturated carbocycles. The standard InChI is InChI=1S/C7H7N3O2/c11-7-10-4-6(12-7)5-3-8-1-2-9-5/h1-3,6H,4H2,(H,10,11). The van der Waals surface area contributed by atoms with Crippen molar-refractivity contribution in [2.45, 2.75) is 6.10 Å². The fourth-order valence-corrected chi connectivity index (χ4v) is 1.03. The van der Waals surface area contributed by atoms with E-state index in [2.05, 4.69) is 15.3 Å². The lowest BCUT2D eigenvalue weighted by Crippen LogP contribution is -2.12. The molecule has 5 nitrogen and oxygen atoms in total. The van der Waals surface area contributed by atoms with E-state index in [-0.39, 0.29) is 6.10 Å². The van der Waals surface area contributed by atoms with E-state index in [0.29, 0.717) is 12.2 Å². The lowest BCUT2D eigenvalue weighted by molar-refractivity contribution is 0.139. The Morgan fingerprint density at radius 2 is 2.50 bits per heavy atom. The Balaban J connectivity index is 2.16. The second kappa shape index (κ2) is 2.77. The number of alkyl carbamates (subject to hydrolysis) is 1. The van der Waals surface area contributed by atoms with Gasteiger partial charge in [-0.3, -0.25) is 9.97 Å². The summed E-state index contributed by atoms with van der Waals surface area (Å²) in [6, 6.07) is 0. The Morgan fingerprint density at radius 1 is 1.58 bits per heavy atom. The molecule has 1 aromatic rings. The van der Waals surface area contributed by atoms with Crippen molar-refractivity contribution in [1.29, 1.82) is 0 Å². The van der Waals surface area contributed by atoms with E-state index in [1.54, 1.807) is 18.6 Å². The first-order chi connectivity index (χ1) is 5.86. The highest BCUT2D eigenvalue weighted by atomic mass is 16.6. The summed E-state index contributed by atoms with van der Waals surface area (Å²) in [6.45, 7) is 0.470. The van der Waals surface area contributed by atoms with Gasteiger partial charge in [0, 0.05) is 12.4 Å². The number of hydrogen-bond donors (Lipinski definition) is 1. The van der Waals surface area contributed by atoms with Crippen molar-refractivity contribution in [2.24, 2.45) is 0 Å². The van der Waals surface area contributed by atoms with Crippen LogP contribution in [0.5, 0.6) is 0 Å². The Kier molecular flexibility index (Phi) is 1.62. The molecule has 1 unspecified atom stereocenters. The summed E-state index contributed by atoms with van der Waals surface area (Å²) in [6.07, 6.45) is 4.05. The van der Waals surface area contributed by atoms with Gasteiger partial charge in [0.05, 0.1) is 12.7 Å². The molecule has 0 aliphatic carbocycles. The molecule has 1 atom stereocenters. The molecule has 1 amide bonds. The van der Waals surface area contributed by atoms with Crippen molar-refractivity contribution in [1.82, 2.24) is 15.3 Å². The summed E-state index contributed by atoms with van der Waals surface area (Å²) in [5.74, 6) is 0. The molecule has 1 fully saturated rings. The number of amides is 1. The molecule has 2 heterocycles. The minimum atomic E-state index is -0.398. The molecular weight excluding hydrogens is 158 g/mol. The molecule has 0 aromatic carbocycles. The van der Waals surface area contributed by atoms with E-state index in [4.69, 9.17) is 4.74 Å². The van der Waals surface area contributed by atoms with Gasteiger partial charge in [-0.2, -0.15) is 0 Å². The highest BCUT2D eigenvalue weighted by Crippen LogP contribution is 2.16. The molecule has 1 aliphatic heterocycles. The predicted molar refractivity (Wildman–Crippen MR) is 39.3 cm³/mol. The number of carbonyl (C=O) groups is 1. The first-order valence-corrected chi connectivity index (χ1v) is 3.56. The average molecular weight is 165 g/mol. The number of rotatable bonds is 1. The quantitative estimate of drug-likeness (QED) is 0.648. The van der Waals surface area contributed by atoms with Crippen LogP contribution in [0.3, 0.4) is 0 Å². The van der Waals surface area contributed by atoms with Crippen molar-refractivity contribution in [2.75, 3.05) is 6.54 Å². The molecule has 1 aliphatic rings. The third kappa shape index (κ3) is 1.20. The molecule has 2 rings (SSSR count). The van der Waals surface area contributed by atoms with Gasteiger partial charge in [-0.25, -0.2) is 4.79 Å². The molecule has 0 spiro atoms. The summed E-state index contributed by atoms with van der Waals surface area (Å²) in [4.78, 5) is 18.5. The molecule has 12 heavy (non-hydrogen) atoms. The van der Waals surface area contributed by atoms with Crippen LogP contribution in [0.25, 0.3) is 0 Å². The van der Waals surface area contributed by atoms with Crippen molar-refractivity contribution in [3.63, 3.8) is 0 Å². The van der Waals surface area contributed by atoms with Gasteiger partial charge in [0.25, 0.3) is 0 Å². The van der Waals surface area contributed by atoms with Crippen LogP contribution in [0, 0.1) is 0 Å². The predicted octanol–water partition coefficient (Wildman–Crippen LogP) is 0.257. The number of nitrogens with zero attached hydrogens (tertiary/aromatic N) is 2. The van der Waals surface area contributed by atoms with Gasteiger partial charge in [0.15, 0.2) is 6.10 Å². The van der Waals surface area contributed by atoms with Crippen molar-refractivity contribution in [3.8, 4) is 0 Å². The van der Waals surface area contributed by atoms with Gasteiger partial charge in [-0.05, 0) is 0 Å². The van der Waals surface area contributed by atoms with Crippen LogP contribution >= 0.6 is 0 Å². The number of nitrogens with one attached hydrogen (secondary N) is 1. The van der Waals surface area contributed by atoms with Crippen molar-refractivity contribution >= 4 is 6.09 Å². The maximum Gasteiger partial charge on any atom is 0.408 e. The smallest absolute Gasteiger partial charge is 0.408 e. The lowest BCUT2D eigenvalue weighted by atomic mass is 10.3. The molecule has 62 valence electrons. The maximum atomic E-state index is 10.6. The fourth-order valence-electron chi connectivity index (χ4n) is 1.03. The number of carbonyl (C=O) groups excluding carboxylic acids is 1. The van der Waals surface area contributed by atoms with E-state index in [1.165, 1.54) is 0 Å². The fraction of sp³-hybridized carbons (Fsp3) is 0.286. The topological polar surface area (TPSA) is 64.1 Å². The van der Waals surface area contributed by atoms with Crippen LogP contribution in [0.2, 0.25) is 0 Å². The number of aromatic nitrogens is 2. The van der Waals surface area contributed by atoms with Crippen molar-refractivity contribution < 1.29 is 9.53 Å². The third-order valence-corrected chi connectivity index (χ3v) is 1.59. The summed E-state index contributed by atoms with van der Waals surface area (Å²) >= 11 is 0. The zero-order valence-electron chi connectivity index (χ0n) is 6.23. The Morgan fingerprint density at radius 3 is 3.08 bits per heavy atom. The van der Waals surface area contributed by atoms with Crippen LogP contribution in [0.1, 0.15) is 11.8 Å². The minimum Gasteiger partial charge on any atom is -0.438 e. The monoisotopic (exact) mass is 165 g/mol. The molecule has 0 bridgehead atoms. The highest BCUT2D eigenvalue weighted by Gasteiger charge is 2.24. The lowest BCUT2D eigenvalue weighted by Gasteiger charge is -2.04. The molecule has 5 heteroatoms. The van der Waals surface area contributed by atoms with Gasteiger partial charge in [-0.1, -0.05) is 0 Å². The number of hydrogen-bond acceptors (Lipinski definition) is 4. The minimum absolute atomic E-state index is 0.286. The van der Waals surface area contributed by atoms with Crippen LogP contribution in [-0.2, 0) is 4.74 Å². The maximum absolute atomic E-state index is 10.6. The van der Waals surface area contributed by atoms with Crippen LogP contribution < -0.4 is 5.32 Å². The van der Waals surface area contributed by atoms with E-state index < -0.39 is 6.09 Å². The molecule has 1 saturated heterocycles. The zero-order chi connectivity index (χ0) is 8.39. The second-order valence-corrected chi connectivity index (χ2v) is 2.41. The summed E-state index contributed by atoms with van der Waals surface area (Å²) < 4.78 is 4.89. The Hall–Kier alpha value is -1.65. The van der Waals surface area contributed by atoms with Gasteiger partial charge in [-0.15, -0.1) is 0 Å². The van der Waals surface area contributed by atoms with Crippen molar-refractivity contribution in [3.05, 3.63) is 24.3 Å². The largest absolute Gasteiger partial charge is 0.438 e. The van der Waals surface area contributed by atoms with Crippen LogP contribution in [-0.4, -0.2) is 22.6 Å². The highest BCUT2D eigenvalue weighted by molar-refractivity contribution is 5.69. The van der Waals surface area contributed by atoms with E-state index in [9.17, 15) is 4.79 Å². The zero-order valence-corrected chi connectivity index (χ0v) is 6.23. The third-order valence-electron chi connectivity index (χ3n) is 1.59. The average Bonchev–Trinajstić information content (AvgIpc) is 2.54. The van der Waals surface area contributed by atoms with E-state index in [0.717, 1.165) is 0 Å². The number of ether oxygens (including phenoxy) is 1. The van der Waals surface area contributed by atoms with Gasteiger partial charge >= 0.3 is 6.09 Å². The van der Waals surface area contributed by atoms with Gasteiger partial charge < -0.3 is 10.1 Å². The van der Waals surface area contributed by atoms with E-state index in [1.807, 2.05) is 0 Å². The SMILES string of the molecule is O=C1NCC(c2cnccn2)O1. The van der Waals surface area contributed by atoms with E-state index >= 15 is 0 Å². The van der Waals surface area contributed by atoms with Crippen LogP contribution in [0.4, 0.5) is 4.79 Å². The summed E-state index contributed by atoms with van der Waals surface area (Å²) in [5, 5.41) is 2.54. The first-order valence-electron chi connectivity index (χ1n) is 3.56. The molecule has 1 aromatic heterocycles. The summed E-state index contributed by atoms with van der Waals surface area (Å²) in [7, 11) is 0. The normalized spacial score (nSPS) is 21.7. The first kappa shape index (κ1) is 7.02. The molecule has 0 radical (unpaired) electrons. The second-order valence-electron chi connectivity index (χ2n) is 2.41. The summed E-state index contributed by atoms with van der Waals surface area (Å²) in [5.41, 5.74) is 0.677. The molecular formula is C7H7N3O2. The Labute approximate surface area is 68.8 Å².